The third kappa shape index (κ3) is 5.44. The van der Waals surface area contributed by atoms with Crippen LogP contribution in [0, 0.1) is 0 Å². The second-order valence-corrected chi connectivity index (χ2v) is 5.93. The highest BCUT2D eigenvalue weighted by Crippen LogP contribution is 2.09. The molecule has 27 heavy (non-hydrogen) atoms. The number of hydrogen-bond donors (Lipinski definition) is 2. The van der Waals surface area contributed by atoms with E-state index >= 15 is 0 Å². The van der Waals surface area contributed by atoms with Crippen molar-refractivity contribution in [3.8, 4) is 5.69 Å². The van der Waals surface area contributed by atoms with Gasteiger partial charge in [-0.25, -0.2) is 0 Å². The molecule has 2 amide bonds. The second-order valence-electron chi connectivity index (χ2n) is 5.93. The molecule has 0 aliphatic heterocycles. The van der Waals surface area contributed by atoms with Gasteiger partial charge in [0.1, 0.15) is 0 Å². The van der Waals surface area contributed by atoms with Gasteiger partial charge in [-0.15, -0.1) is 0 Å². The van der Waals surface area contributed by atoms with Crippen molar-refractivity contribution < 1.29 is 9.59 Å². The molecule has 1 heterocycles. The van der Waals surface area contributed by atoms with Gasteiger partial charge in [0.15, 0.2) is 0 Å². The summed E-state index contributed by atoms with van der Waals surface area (Å²) < 4.78 is 1.97. The Morgan fingerprint density at radius 1 is 0.815 bits per heavy atom. The normalized spacial score (nSPS) is 10.7. The molecule has 1 aromatic heterocycles. The van der Waals surface area contributed by atoms with Gasteiger partial charge in [-0.05, 0) is 48.0 Å². The molecule has 5 nitrogen and oxygen atoms in total. The fraction of sp³-hybridized carbons (Fsp3) is 0.0909. The Morgan fingerprint density at radius 2 is 1.48 bits per heavy atom. The first-order valence-corrected chi connectivity index (χ1v) is 8.75. The summed E-state index contributed by atoms with van der Waals surface area (Å²) in [6.45, 7) is 0.730. The van der Waals surface area contributed by atoms with Gasteiger partial charge in [0.25, 0.3) is 5.91 Å². The first-order valence-electron chi connectivity index (χ1n) is 8.75. The zero-order valence-corrected chi connectivity index (χ0v) is 14.8. The monoisotopic (exact) mass is 359 g/mol. The van der Waals surface area contributed by atoms with Crippen molar-refractivity contribution in [2.75, 3.05) is 13.1 Å². The van der Waals surface area contributed by atoms with Crippen LogP contribution in [-0.2, 0) is 4.79 Å². The van der Waals surface area contributed by atoms with E-state index in [2.05, 4.69) is 10.6 Å². The highest BCUT2D eigenvalue weighted by Gasteiger charge is 2.05. The molecule has 136 valence electrons. The smallest absolute Gasteiger partial charge is 0.251 e. The van der Waals surface area contributed by atoms with E-state index in [4.69, 9.17) is 0 Å². The Balaban J connectivity index is 1.40. The molecular weight excluding hydrogens is 338 g/mol. The van der Waals surface area contributed by atoms with Crippen molar-refractivity contribution in [3.05, 3.63) is 96.3 Å². The number of amides is 2. The largest absolute Gasteiger partial charge is 0.351 e. The van der Waals surface area contributed by atoms with Crippen LogP contribution in [0.3, 0.4) is 0 Å². The van der Waals surface area contributed by atoms with Gasteiger partial charge < -0.3 is 15.2 Å². The number of hydrogen-bond acceptors (Lipinski definition) is 2. The second kappa shape index (κ2) is 9.20. The van der Waals surface area contributed by atoms with Crippen molar-refractivity contribution in [3.63, 3.8) is 0 Å². The van der Waals surface area contributed by atoms with Gasteiger partial charge in [-0.1, -0.05) is 30.3 Å². The standard InChI is InChI=1S/C22H21N3O2/c26-21(13-8-18-6-2-1-3-7-18)23-14-15-24-22(27)19-9-11-20(12-10-19)25-16-4-5-17-25/h1-13,16-17H,14-15H2,(H,23,26)(H,24,27)/b13-8+. The third-order valence-electron chi connectivity index (χ3n) is 3.97. The average molecular weight is 359 g/mol. The Morgan fingerprint density at radius 3 is 2.19 bits per heavy atom. The molecule has 0 saturated carbocycles. The minimum Gasteiger partial charge on any atom is -0.351 e. The molecule has 2 N–H and O–H groups in total. The Kier molecular flexibility index (Phi) is 6.20. The van der Waals surface area contributed by atoms with E-state index in [0.717, 1.165) is 11.3 Å². The van der Waals surface area contributed by atoms with E-state index in [1.165, 1.54) is 6.08 Å². The summed E-state index contributed by atoms with van der Waals surface area (Å²) in [5.41, 5.74) is 2.54. The lowest BCUT2D eigenvalue weighted by Crippen LogP contribution is -2.33. The van der Waals surface area contributed by atoms with Crippen molar-refractivity contribution in [1.29, 1.82) is 0 Å². The van der Waals surface area contributed by atoms with E-state index < -0.39 is 0 Å². The molecule has 0 aliphatic carbocycles. The number of benzene rings is 2. The number of nitrogens with zero attached hydrogens (tertiary/aromatic N) is 1. The van der Waals surface area contributed by atoms with E-state index in [1.807, 2.05) is 71.6 Å². The average Bonchev–Trinajstić information content (AvgIpc) is 3.25. The highest BCUT2D eigenvalue weighted by atomic mass is 16.2. The van der Waals surface area contributed by atoms with Gasteiger partial charge in [0.2, 0.25) is 5.91 Å². The molecule has 0 aliphatic rings. The summed E-state index contributed by atoms with van der Waals surface area (Å²) in [6, 6.07) is 20.9. The Hall–Kier alpha value is -3.60. The number of carbonyl (C=O) groups excluding carboxylic acids is 2. The lowest BCUT2D eigenvalue weighted by molar-refractivity contribution is -0.116. The molecule has 3 rings (SSSR count). The highest BCUT2D eigenvalue weighted by molar-refractivity contribution is 5.94. The van der Waals surface area contributed by atoms with Crippen LogP contribution >= 0.6 is 0 Å². The molecule has 0 fully saturated rings. The lowest BCUT2D eigenvalue weighted by Gasteiger charge is -2.07. The van der Waals surface area contributed by atoms with Crippen molar-refractivity contribution in [2.24, 2.45) is 0 Å². The SMILES string of the molecule is O=C(/C=C/c1ccccc1)NCCNC(=O)c1ccc(-n2cccc2)cc1. The predicted molar refractivity (Wildman–Crippen MR) is 107 cm³/mol. The molecule has 0 spiro atoms. The van der Waals surface area contributed by atoms with Crippen LogP contribution in [0.5, 0.6) is 0 Å². The van der Waals surface area contributed by atoms with E-state index in [-0.39, 0.29) is 11.8 Å². The molecule has 2 aromatic carbocycles. The van der Waals surface area contributed by atoms with Gasteiger partial charge in [0.05, 0.1) is 0 Å². The van der Waals surface area contributed by atoms with Crippen LogP contribution in [-0.4, -0.2) is 29.5 Å². The van der Waals surface area contributed by atoms with Gasteiger partial charge in [0, 0.05) is 42.8 Å². The number of rotatable bonds is 7. The van der Waals surface area contributed by atoms with Crippen LogP contribution in [0.1, 0.15) is 15.9 Å². The summed E-state index contributed by atoms with van der Waals surface area (Å²) in [5, 5.41) is 5.54. The fourth-order valence-electron chi connectivity index (χ4n) is 2.55. The topological polar surface area (TPSA) is 63.1 Å². The van der Waals surface area contributed by atoms with Crippen molar-refractivity contribution >= 4 is 17.9 Å². The maximum Gasteiger partial charge on any atom is 0.251 e. The first-order chi connectivity index (χ1) is 13.2. The predicted octanol–water partition coefficient (Wildman–Crippen LogP) is 3.04. The third-order valence-corrected chi connectivity index (χ3v) is 3.97. The summed E-state index contributed by atoms with van der Waals surface area (Å²) in [6.07, 6.45) is 7.13. The molecule has 0 atom stereocenters. The maximum absolute atomic E-state index is 12.2. The molecule has 5 heteroatoms. The summed E-state index contributed by atoms with van der Waals surface area (Å²) >= 11 is 0. The van der Waals surface area contributed by atoms with Crippen LogP contribution in [0.4, 0.5) is 0 Å². The van der Waals surface area contributed by atoms with Gasteiger partial charge >= 0.3 is 0 Å². The maximum atomic E-state index is 12.2. The van der Waals surface area contributed by atoms with E-state index in [1.54, 1.807) is 18.2 Å². The zero-order valence-electron chi connectivity index (χ0n) is 14.8. The first kappa shape index (κ1) is 18.2. The summed E-state index contributed by atoms with van der Waals surface area (Å²) in [4.78, 5) is 23.9. The zero-order chi connectivity index (χ0) is 18.9. The lowest BCUT2D eigenvalue weighted by atomic mass is 10.2. The minimum atomic E-state index is -0.191. The quantitative estimate of drug-likeness (QED) is 0.503. The number of nitrogens with one attached hydrogen (secondary N) is 2. The summed E-state index contributed by atoms with van der Waals surface area (Å²) in [7, 11) is 0. The Labute approximate surface area is 158 Å². The molecular formula is C22H21N3O2. The van der Waals surface area contributed by atoms with Crippen molar-refractivity contribution in [1.82, 2.24) is 15.2 Å². The number of carbonyl (C=O) groups is 2. The van der Waals surface area contributed by atoms with Gasteiger partial charge in [-0.2, -0.15) is 0 Å². The van der Waals surface area contributed by atoms with Crippen LogP contribution in [0.25, 0.3) is 11.8 Å². The Bertz CT molecular complexity index is 899. The molecule has 0 bridgehead atoms. The van der Waals surface area contributed by atoms with E-state index in [9.17, 15) is 9.59 Å². The van der Waals surface area contributed by atoms with Crippen molar-refractivity contribution in [2.45, 2.75) is 0 Å². The van der Waals surface area contributed by atoms with Crippen LogP contribution in [0.2, 0.25) is 0 Å². The summed E-state index contributed by atoms with van der Waals surface area (Å²) in [5.74, 6) is -0.354. The molecule has 0 unspecified atom stereocenters. The minimum absolute atomic E-state index is 0.164. The molecule has 0 radical (unpaired) electrons. The van der Waals surface area contributed by atoms with Crippen LogP contribution in [0.15, 0.2) is 85.2 Å². The van der Waals surface area contributed by atoms with Crippen LogP contribution < -0.4 is 10.6 Å². The van der Waals surface area contributed by atoms with E-state index in [0.29, 0.717) is 18.7 Å². The fourth-order valence-corrected chi connectivity index (χ4v) is 2.55. The number of aromatic nitrogens is 1. The molecule has 0 saturated heterocycles. The van der Waals surface area contributed by atoms with Gasteiger partial charge in [-0.3, -0.25) is 9.59 Å². The molecule has 3 aromatic rings.